The van der Waals surface area contributed by atoms with Crippen molar-refractivity contribution in [1.82, 2.24) is 0 Å². The number of para-hydroxylation sites is 1. The third-order valence-electron chi connectivity index (χ3n) is 3.27. The molecule has 1 aliphatic rings. The minimum Gasteiger partial charge on any atom is -0.493 e. The lowest BCUT2D eigenvalue weighted by Crippen LogP contribution is -2.22. The van der Waals surface area contributed by atoms with Gasteiger partial charge in [0.2, 0.25) is 0 Å². The van der Waals surface area contributed by atoms with Gasteiger partial charge in [-0.25, -0.2) is 0 Å². The lowest BCUT2D eigenvalue weighted by Gasteiger charge is -2.16. The minimum atomic E-state index is 0.0819. The highest BCUT2D eigenvalue weighted by molar-refractivity contribution is 5.80. The maximum Gasteiger partial charge on any atom is 0.139 e. The highest BCUT2D eigenvalue weighted by atomic mass is 16.5. The van der Waals surface area contributed by atoms with Gasteiger partial charge in [-0.3, -0.25) is 0 Å². The molecule has 2 rings (SSSR count). The molecule has 1 aromatic rings. The van der Waals surface area contributed by atoms with E-state index in [9.17, 15) is 0 Å². The topological polar surface area (TPSA) is 67.8 Å². The predicted octanol–water partition coefficient (Wildman–Crippen LogP) is 2.29. The van der Waals surface area contributed by atoms with Gasteiger partial charge in [0.1, 0.15) is 11.6 Å². The Kier molecular flexibility index (Phi) is 3.22. The Morgan fingerprint density at radius 3 is 2.76 bits per heavy atom. The number of benzene rings is 1. The van der Waals surface area contributed by atoms with Gasteiger partial charge < -0.3 is 15.7 Å². The molecule has 3 N–H and O–H groups in total. The number of rotatable bonds is 5. The van der Waals surface area contributed by atoms with E-state index in [1.807, 2.05) is 31.2 Å². The monoisotopic (exact) mass is 234 g/mol. The first-order valence-electron chi connectivity index (χ1n) is 5.80. The van der Waals surface area contributed by atoms with E-state index in [0.717, 1.165) is 24.2 Å². The number of hydrogen-bond acceptors (Lipinski definition) is 3. The third-order valence-corrected chi connectivity index (χ3v) is 3.27. The molecule has 0 unspecified atom stereocenters. The molecule has 0 radical (unpaired) electrons. The summed E-state index contributed by atoms with van der Waals surface area (Å²) in [4.78, 5) is 0. The number of aryl methyl sites for hydroxylation is 1. The van der Waals surface area contributed by atoms with E-state index in [-0.39, 0.29) is 11.3 Å². The van der Waals surface area contributed by atoms with Crippen molar-refractivity contribution in [3.8, 4) is 5.75 Å². The van der Waals surface area contributed by atoms with Crippen molar-refractivity contribution >= 4 is 5.84 Å². The molecule has 0 aromatic heterocycles. The second-order valence-corrected chi connectivity index (χ2v) is 4.82. The van der Waals surface area contributed by atoms with E-state index in [1.54, 1.807) is 0 Å². The molecule has 1 aliphatic carbocycles. The van der Waals surface area contributed by atoms with Crippen molar-refractivity contribution in [3.05, 3.63) is 29.8 Å². The van der Waals surface area contributed by atoms with Crippen LogP contribution in [0, 0.1) is 12.3 Å². The van der Waals surface area contributed by atoms with Crippen LogP contribution in [-0.2, 0) is 0 Å². The van der Waals surface area contributed by atoms with Crippen molar-refractivity contribution < 1.29 is 9.94 Å². The molecule has 4 nitrogen and oxygen atoms in total. The Hall–Kier alpha value is -1.71. The Balaban J connectivity index is 1.92. The molecule has 17 heavy (non-hydrogen) atoms. The number of ether oxygens (including phenoxy) is 1. The fraction of sp³-hybridized carbons (Fsp3) is 0.462. The summed E-state index contributed by atoms with van der Waals surface area (Å²) in [5.74, 6) is 1.20. The standard InChI is InChI=1S/C13H18N2O2/c1-10-4-2-3-5-11(10)17-9-13(6-7-13)8-12(14)15-16/h2-5,16H,6-9H2,1H3,(H2,14,15). The maximum absolute atomic E-state index is 8.58. The zero-order chi connectivity index (χ0) is 12.3. The first-order chi connectivity index (χ1) is 8.15. The zero-order valence-electron chi connectivity index (χ0n) is 10.0. The molecule has 0 heterocycles. The molecule has 0 aliphatic heterocycles. The van der Waals surface area contributed by atoms with Crippen LogP contribution in [0.15, 0.2) is 29.4 Å². The van der Waals surface area contributed by atoms with E-state index in [0.29, 0.717) is 13.0 Å². The number of oxime groups is 1. The van der Waals surface area contributed by atoms with Gasteiger partial charge in [0, 0.05) is 11.8 Å². The van der Waals surface area contributed by atoms with Crippen LogP contribution in [-0.4, -0.2) is 17.6 Å². The number of amidine groups is 1. The fourth-order valence-electron chi connectivity index (χ4n) is 1.92. The Morgan fingerprint density at radius 1 is 1.47 bits per heavy atom. The van der Waals surface area contributed by atoms with Crippen LogP contribution in [0.25, 0.3) is 0 Å². The average Bonchev–Trinajstić information content (AvgIpc) is 3.08. The Morgan fingerprint density at radius 2 is 2.18 bits per heavy atom. The van der Waals surface area contributed by atoms with E-state index in [1.165, 1.54) is 0 Å². The highest BCUT2D eigenvalue weighted by Gasteiger charge is 2.44. The van der Waals surface area contributed by atoms with Crippen molar-refractivity contribution in [2.75, 3.05) is 6.61 Å². The normalized spacial score (nSPS) is 17.8. The van der Waals surface area contributed by atoms with Crippen molar-refractivity contribution in [2.24, 2.45) is 16.3 Å². The fourth-order valence-corrected chi connectivity index (χ4v) is 1.92. The van der Waals surface area contributed by atoms with E-state index in [4.69, 9.17) is 15.7 Å². The summed E-state index contributed by atoms with van der Waals surface area (Å²) in [6.45, 7) is 2.66. The largest absolute Gasteiger partial charge is 0.493 e. The first kappa shape index (κ1) is 11.8. The van der Waals surface area contributed by atoms with Crippen molar-refractivity contribution in [3.63, 3.8) is 0 Å². The van der Waals surface area contributed by atoms with Gasteiger partial charge >= 0.3 is 0 Å². The molecular formula is C13H18N2O2. The molecule has 92 valence electrons. The van der Waals surface area contributed by atoms with Gasteiger partial charge in [0.15, 0.2) is 0 Å². The second-order valence-electron chi connectivity index (χ2n) is 4.82. The van der Waals surface area contributed by atoms with E-state index < -0.39 is 0 Å². The summed E-state index contributed by atoms with van der Waals surface area (Å²) < 4.78 is 5.82. The van der Waals surface area contributed by atoms with Crippen LogP contribution in [0.3, 0.4) is 0 Å². The molecule has 0 spiro atoms. The molecule has 0 amide bonds. The number of nitrogens with zero attached hydrogens (tertiary/aromatic N) is 1. The molecule has 1 aromatic carbocycles. The minimum absolute atomic E-state index is 0.0819. The summed E-state index contributed by atoms with van der Waals surface area (Å²) in [6, 6.07) is 7.95. The number of nitrogens with two attached hydrogens (primary N) is 1. The molecule has 0 atom stereocenters. The molecule has 0 bridgehead atoms. The smallest absolute Gasteiger partial charge is 0.139 e. The summed E-state index contributed by atoms with van der Waals surface area (Å²) in [5.41, 5.74) is 6.76. The van der Waals surface area contributed by atoms with Crippen LogP contribution >= 0.6 is 0 Å². The summed E-state index contributed by atoms with van der Waals surface area (Å²) in [6.07, 6.45) is 2.76. The third kappa shape index (κ3) is 2.90. The summed E-state index contributed by atoms with van der Waals surface area (Å²) in [7, 11) is 0. The predicted molar refractivity (Wildman–Crippen MR) is 66.4 cm³/mol. The van der Waals surface area contributed by atoms with E-state index in [2.05, 4.69) is 5.16 Å². The Bertz CT molecular complexity index is 425. The zero-order valence-corrected chi connectivity index (χ0v) is 10.0. The quantitative estimate of drug-likeness (QED) is 0.355. The summed E-state index contributed by atoms with van der Waals surface area (Å²) >= 11 is 0. The van der Waals surface area contributed by atoms with Crippen molar-refractivity contribution in [1.29, 1.82) is 0 Å². The van der Waals surface area contributed by atoms with Crippen LogP contribution in [0.2, 0.25) is 0 Å². The molecule has 4 heteroatoms. The van der Waals surface area contributed by atoms with E-state index >= 15 is 0 Å². The van der Waals surface area contributed by atoms with Crippen LogP contribution in [0.4, 0.5) is 0 Å². The number of hydrogen-bond donors (Lipinski definition) is 2. The van der Waals surface area contributed by atoms with Gasteiger partial charge in [-0.1, -0.05) is 23.4 Å². The molecule has 1 fully saturated rings. The summed E-state index contributed by atoms with van der Waals surface area (Å²) in [5, 5.41) is 11.6. The highest BCUT2D eigenvalue weighted by Crippen LogP contribution is 2.49. The van der Waals surface area contributed by atoms with Crippen LogP contribution in [0.1, 0.15) is 24.8 Å². The second kappa shape index (κ2) is 4.65. The Labute approximate surface area is 101 Å². The lowest BCUT2D eigenvalue weighted by atomic mass is 10.0. The molecule has 1 saturated carbocycles. The molecular weight excluding hydrogens is 216 g/mol. The molecule has 0 saturated heterocycles. The van der Waals surface area contributed by atoms with Gasteiger partial charge in [-0.2, -0.15) is 0 Å². The van der Waals surface area contributed by atoms with Gasteiger partial charge in [0.05, 0.1) is 6.61 Å². The van der Waals surface area contributed by atoms with Crippen LogP contribution in [0.5, 0.6) is 5.75 Å². The van der Waals surface area contributed by atoms with Gasteiger partial charge in [0.25, 0.3) is 0 Å². The first-order valence-corrected chi connectivity index (χ1v) is 5.80. The van der Waals surface area contributed by atoms with Crippen molar-refractivity contribution in [2.45, 2.75) is 26.2 Å². The van der Waals surface area contributed by atoms with Gasteiger partial charge in [-0.05, 0) is 31.4 Å². The maximum atomic E-state index is 8.58. The SMILES string of the molecule is Cc1ccccc1OCC1(CC(N)=NO)CC1. The average molecular weight is 234 g/mol. The van der Waals surface area contributed by atoms with Gasteiger partial charge in [-0.15, -0.1) is 0 Å². The lowest BCUT2D eigenvalue weighted by molar-refractivity contribution is 0.235. The van der Waals surface area contributed by atoms with Crippen LogP contribution < -0.4 is 10.5 Å².